The van der Waals surface area contributed by atoms with E-state index in [1.54, 1.807) is 20.2 Å². The Morgan fingerprint density at radius 3 is 2.29 bits per heavy atom. The van der Waals surface area contributed by atoms with Gasteiger partial charge < -0.3 is 9.64 Å². The van der Waals surface area contributed by atoms with Crippen LogP contribution in [0.2, 0.25) is 0 Å². The summed E-state index contributed by atoms with van der Waals surface area (Å²) in [4.78, 5) is 24.0. The van der Waals surface area contributed by atoms with Gasteiger partial charge in [-0.2, -0.15) is 0 Å². The van der Waals surface area contributed by atoms with Gasteiger partial charge in [-0.3, -0.25) is 9.59 Å². The fourth-order valence-corrected chi connectivity index (χ4v) is 1.09. The lowest BCUT2D eigenvalue weighted by atomic mass is 10.2. The summed E-state index contributed by atoms with van der Waals surface area (Å²) in [6.07, 6.45) is 5.10. The Hall–Kier alpha value is -1.32. The van der Waals surface area contributed by atoms with Gasteiger partial charge in [-0.15, -0.1) is 0 Å². The summed E-state index contributed by atoms with van der Waals surface area (Å²) in [6.45, 7) is 5.54. The van der Waals surface area contributed by atoms with E-state index in [-0.39, 0.29) is 11.9 Å². The van der Waals surface area contributed by atoms with E-state index in [1.165, 1.54) is 11.0 Å². The van der Waals surface area contributed by atoms with E-state index in [9.17, 15) is 9.59 Å². The van der Waals surface area contributed by atoms with Crippen LogP contribution >= 0.6 is 0 Å². The normalized spacial score (nSPS) is 11.6. The molecule has 0 aromatic heterocycles. The second-order valence-electron chi connectivity index (χ2n) is 5.11. The van der Waals surface area contributed by atoms with Gasteiger partial charge in [-0.25, -0.2) is 0 Å². The average Bonchev–Trinajstić information content (AvgIpc) is 2.13. The zero-order chi connectivity index (χ0) is 13.5. The first kappa shape index (κ1) is 15.7. The molecule has 0 bridgehead atoms. The van der Waals surface area contributed by atoms with Crippen molar-refractivity contribution in [2.24, 2.45) is 0 Å². The number of unbranched alkanes of at least 4 members (excludes halogenated alkanes) is 1. The number of ether oxygens (including phenoxy) is 1. The molecule has 17 heavy (non-hydrogen) atoms. The average molecular weight is 241 g/mol. The molecule has 0 aromatic carbocycles. The second kappa shape index (κ2) is 7.09. The smallest absolute Gasteiger partial charge is 0.306 e. The molecule has 0 aliphatic carbocycles. The first-order valence-electron chi connectivity index (χ1n) is 5.82. The van der Waals surface area contributed by atoms with Gasteiger partial charge in [0.2, 0.25) is 5.91 Å². The summed E-state index contributed by atoms with van der Waals surface area (Å²) in [6, 6.07) is 0. The van der Waals surface area contributed by atoms with Gasteiger partial charge in [0.25, 0.3) is 0 Å². The predicted molar refractivity (Wildman–Crippen MR) is 67.5 cm³/mol. The van der Waals surface area contributed by atoms with Gasteiger partial charge in [0.15, 0.2) is 0 Å². The lowest BCUT2D eigenvalue weighted by Gasteiger charge is -2.19. The van der Waals surface area contributed by atoms with E-state index in [1.807, 2.05) is 20.8 Å². The molecule has 0 unspecified atom stereocenters. The lowest BCUT2D eigenvalue weighted by molar-refractivity contribution is -0.154. The van der Waals surface area contributed by atoms with E-state index in [2.05, 4.69) is 0 Å². The van der Waals surface area contributed by atoms with Crippen molar-refractivity contribution >= 4 is 11.9 Å². The molecule has 0 saturated heterocycles. The van der Waals surface area contributed by atoms with Crippen molar-refractivity contribution in [3.05, 3.63) is 12.2 Å². The molecule has 98 valence electrons. The molecule has 0 spiro atoms. The largest absolute Gasteiger partial charge is 0.460 e. The number of amides is 1. The van der Waals surface area contributed by atoms with Crippen LogP contribution in [-0.2, 0) is 14.3 Å². The monoisotopic (exact) mass is 241 g/mol. The maximum absolute atomic E-state index is 11.3. The SMILES string of the molecule is CN(C)C(=O)/C=C/CCCC(=O)OC(C)(C)C. The van der Waals surface area contributed by atoms with Crippen molar-refractivity contribution in [2.45, 2.75) is 45.6 Å². The Labute approximate surface area is 104 Å². The Bertz CT molecular complexity index is 288. The van der Waals surface area contributed by atoms with Crippen LogP contribution < -0.4 is 0 Å². The molecule has 0 heterocycles. The highest BCUT2D eigenvalue weighted by Crippen LogP contribution is 2.09. The number of likely N-dealkylation sites (N-methyl/N-ethyl adjacent to an activating group) is 1. The van der Waals surface area contributed by atoms with Gasteiger partial charge >= 0.3 is 5.97 Å². The molecule has 0 radical (unpaired) electrons. The van der Waals surface area contributed by atoms with Crippen LogP contribution in [0, 0.1) is 0 Å². The summed E-state index contributed by atoms with van der Waals surface area (Å²) >= 11 is 0. The zero-order valence-electron chi connectivity index (χ0n) is 11.4. The quantitative estimate of drug-likeness (QED) is 0.421. The van der Waals surface area contributed by atoms with Gasteiger partial charge in [0, 0.05) is 20.5 Å². The Morgan fingerprint density at radius 2 is 1.82 bits per heavy atom. The molecule has 0 rings (SSSR count). The first-order valence-corrected chi connectivity index (χ1v) is 5.82. The number of carbonyl (C=O) groups excluding carboxylic acids is 2. The third kappa shape index (κ3) is 9.60. The van der Waals surface area contributed by atoms with Gasteiger partial charge in [0.05, 0.1) is 0 Å². The van der Waals surface area contributed by atoms with E-state index >= 15 is 0 Å². The van der Waals surface area contributed by atoms with Crippen LogP contribution in [0.1, 0.15) is 40.0 Å². The first-order chi connectivity index (χ1) is 7.72. The molecule has 1 amide bonds. The molecule has 0 aromatic rings. The van der Waals surface area contributed by atoms with Crippen LogP contribution in [0.5, 0.6) is 0 Å². The number of carbonyl (C=O) groups is 2. The second-order valence-corrected chi connectivity index (χ2v) is 5.11. The fraction of sp³-hybridized carbons (Fsp3) is 0.692. The Kier molecular flexibility index (Phi) is 6.54. The molecule has 0 fully saturated rings. The van der Waals surface area contributed by atoms with Crippen LogP contribution in [0.15, 0.2) is 12.2 Å². The maximum atomic E-state index is 11.3. The summed E-state index contributed by atoms with van der Waals surface area (Å²) in [5.41, 5.74) is -0.423. The van der Waals surface area contributed by atoms with Crippen molar-refractivity contribution in [1.29, 1.82) is 0 Å². The number of hydrogen-bond donors (Lipinski definition) is 0. The topological polar surface area (TPSA) is 46.6 Å². The molecule has 0 aliphatic rings. The summed E-state index contributed by atoms with van der Waals surface area (Å²) in [5.74, 6) is -0.230. The minimum atomic E-state index is -0.423. The van der Waals surface area contributed by atoms with Crippen molar-refractivity contribution in [1.82, 2.24) is 4.90 Å². The maximum Gasteiger partial charge on any atom is 0.306 e. The van der Waals surface area contributed by atoms with Gasteiger partial charge in [0.1, 0.15) is 5.60 Å². The van der Waals surface area contributed by atoms with Crippen LogP contribution in [0.3, 0.4) is 0 Å². The number of esters is 1. The Morgan fingerprint density at radius 1 is 1.24 bits per heavy atom. The molecule has 4 nitrogen and oxygen atoms in total. The summed E-state index contributed by atoms with van der Waals surface area (Å²) in [7, 11) is 3.40. The molecule has 0 aliphatic heterocycles. The zero-order valence-corrected chi connectivity index (χ0v) is 11.4. The highest BCUT2D eigenvalue weighted by Gasteiger charge is 2.15. The fourth-order valence-electron chi connectivity index (χ4n) is 1.09. The molecule has 4 heteroatoms. The number of nitrogens with zero attached hydrogens (tertiary/aromatic N) is 1. The minimum absolute atomic E-state index is 0.0396. The number of rotatable bonds is 5. The third-order valence-corrected chi connectivity index (χ3v) is 1.87. The standard InChI is InChI=1S/C13H23NO3/c1-13(2,3)17-12(16)10-8-6-7-9-11(15)14(4)5/h7,9H,6,8,10H2,1-5H3/b9-7+. The van der Waals surface area contributed by atoms with Crippen molar-refractivity contribution in [3.63, 3.8) is 0 Å². The number of allylic oxidation sites excluding steroid dienone is 1. The minimum Gasteiger partial charge on any atom is -0.460 e. The van der Waals surface area contributed by atoms with Crippen molar-refractivity contribution in [3.8, 4) is 0 Å². The molecular weight excluding hydrogens is 218 g/mol. The highest BCUT2D eigenvalue weighted by atomic mass is 16.6. The highest BCUT2D eigenvalue weighted by molar-refractivity contribution is 5.87. The van der Waals surface area contributed by atoms with Crippen LogP contribution in [0.4, 0.5) is 0 Å². The number of hydrogen-bond acceptors (Lipinski definition) is 3. The van der Waals surface area contributed by atoms with E-state index in [4.69, 9.17) is 4.74 Å². The van der Waals surface area contributed by atoms with Gasteiger partial charge in [-0.05, 0) is 39.7 Å². The van der Waals surface area contributed by atoms with Gasteiger partial charge in [-0.1, -0.05) is 6.08 Å². The van der Waals surface area contributed by atoms with Crippen LogP contribution in [0.25, 0.3) is 0 Å². The predicted octanol–water partition coefficient (Wildman–Crippen LogP) is 2.14. The molecule has 0 saturated carbocycles. The molecule has 0 N–H and O–H groups in total. The summed E-state index contributed by atoms with van der Waals surface area (Å²) in [5, 5.41) is 0. The van der Waals surface area contributed by atoms with Crippen molar-refractivity contribution < 1.29 is 14.3 Å². The third-order valence-electron chi connectivity index (χ3n) is 1.87. The van der Waals surface area contributed by atoms with E-state index in [0.717, 1.165) is 0 Å². The molecule has 0 atom stereocenters. The lowest BCUT2D eigenvalue weighted by Crippen LogP contribution is -2.23. The van der Waals surface area contributed by atoms with Crippen molar-refractivity contribution in [2.75, 3.05) is 14.1 Å². The van der Waals surface area contributed by atoms with E-state index in [0.29, 0.717) is 19.3 Å². The summed E-state index contributed by atoms with van der Waals surface area (Å²) < 4.78 is 5.17. The van der Waals surface area contributed by atoms with E-state index < -0.39 is 5.60 Å². The Balaban J connectivity index is 3.72. The molecular formula is C13H23NO3. The van der Waals surface area contributed by atoms with Crippen LogP contribution in [-0.4, -0.2) is 36.5 Å².